The van der Waals surface area contributed by atoms with E-state index < -0.39 is 6.04 Å². The fraction of sp³-hybridized carbons (Fsp3) is 0.375. The third kappa shape index (κ3) is 3.95. The van der Waals surface area contributed by atoms with Crippen molar-refractivity contribution in [3.05, 3.63) is 42.6 Å². The lowest BCUT2D eigenvalue weighted by atomic mass is 10.0. The lowest BCUT2D eigenvalue weighted by molar-refractivity contribution is -0.145. The molecule has 1 aliphatic heterocycles. The Balaban J connectivity index is 0.000000956. The minimum absolute atomic E-state index is 0.0553. The highest BCUT2D eigenvalue weighted by Gasteiger charge is 2.30. The van der Waals surface area contributed by atoms with Gasteiger partial charge in [0.05, 0.1) is 6.61 Å². The van der Waals surface area contributed by atoms with Gasteiger partial charge in [0.15, 0.2) is 5.78 Å². The Morgan fingerprint density at radius 3 is 2.55 bits per heavy atom. The summed E-state index contributed by atoms with van der Waals surface area (Å²) in [6.07, 6.45) is 3.29. The molecule has 0 aromatic heterocycles. The molecule has 108 valence electrons. The molecule has 0 N–H and O–H groups in total. The smallest absolute Gasteiger partial charge is 0.329 e. The van der Waals surface area contributed by atoms with E-state index in [1.165, 1.54) is 6.08 Å². The molecule has 0 amide bonds. The SMILES string of the molecule is CC.CCOC(=O)C1CC(=O)C=CN1c1ccccc1. The molecule has 0 bridgehead atoms. The van der Waals surface area contributed by atoms with Gasteiger partial charge in [-0.3, -0.25) is 4.79 Å². The van der Waals surface area contributed by atoms with E-state index >= 15 is 0 Å². The zero-order chi connectivity index (χ0) is 15.0. The van der Waals surface area contributed by atoms with Crippen LogP contribution >= 0.6 is 0 Å². The maximum absolute atomic E-state index is 11.9. The second kappa shape index (κ2) is 8.15. The molecule has 0 saturated carbocycles. The van der Waals surface area contributed by atoms with Gasteiger partial charge in [-0.1, -0.05) is 32.0 Å². The molecule has 1 aromatic carbocycles. The van der Waals surface area contributed by atoms with Crippen LogP contribution < -0.4 is 4.90 Å². The van der Waals surface area contributed by atoms with Crippen molar-refractivity contribution in [2.24, 2.45) is 0 Å². The molecule has 0 radical (unpaired) electrons. The van der Waals surface area contributed by atoms with Crippen LogP contribution in [0.5, 0.6) is 0 Å². The Hall–Kier alpha value is -2.10. The van der Waals surface area contributed by atoms with Crippen molar-refractivity contribution in [2.75, 3.05) is 11.5 Å². The van der Waals surface area contributed by atoms with Crippen molar-refractivity contribution in [3.63, 3.8) is 0 Å². The van der Waals surface area contributed by atoms with Crippen molar-refractivity contribution < 1.29 is 14.3 Å². The number of carbonyl (C=O) groups is 2. The molecule has 4 heteroatoms. The zero-order valence-electron chi connectivity index (χ0n) is 12.2. The molecule has 1 heterocycles. The molecule has 4 nitrogen and oxygen atoms in total. The third-order valence-corrected chi connectivity index (χ3v) is 2.76. The number of ketones is 1. The van der Waals surface area contributed by atoms with Crippen LogP contribution in [0, 0.1) is 0 Å². The number of hydrogen-bond acceptors (Lipinski definition) is 4. The molecule has 0 aliphatic carbocycles. The molecule has 20 heavy (non-hydrogen) atoms. The summed E-state index contributed by atoms with van der Waals surface area (Å²) < 4.78 is 5.01. The lowest BCUT2D eigenvalue weighted by Gasteiger charge is -2.30. The first-order valence-electron chi connectivity index (χ1n) is 6.93. The minimum Gasteiger partial charge on any atom is -0.464 e. The monoisotopic (exact) mass is 275 g/mol. The molecular formula is C16H21NO3. The maximum atomic E-state index is 11.9. The quantitative estimate of drug-likeness (QED) is 0.796. The largest absolute Gasteiger partial charge is 0.464 e. The maximum Gasteiger partial charge on any atom is 0.329 e. The highest BCUT2D eigenvalue weighted by Crippen LogP contribution is 2.23. The van der Waals surface area contributed by atoms with Gasteiger partial charge in [-0.15, -0.1) is 0 Å². The number of allylic oxidation sites excluding steroid dienone is 1. The van der Waals surface area contributed by atoms with Crippen LogP contribution in [-0.2, 0) is 14.3 Å². The number of hydrogen-bond donors (Lipinski definition) is 0. The molecule has 0 saturated heterocycles. The number of anilines is 1. The molecule has 1 aliphatic rings. The number of carbonyl (C=O) groups excluding carboxylic acids is 2. The molecule has 1 atom stereocenters. The Morgan fingerprint density at radius 2 is 1.95 bits per heavy atom. The predicted molar refractivity (Wildman–Crippen MR) is 79.5 cm³/mol. The fourth-order valence-electron chi connectivity index (χ4n) is 1.93. The van der Waals surface area contributed by atoms with Crippen molar-refractivity contribution in [1.29, 1.82) is 0 Å². The Bertz CT molecular complexity index is 468. The van der Waals surface area contributed by atoms with Crippen LogP contribution in [0.2, 0.25) is 0 Å². The second-order valence-electron chi connectivity index (χ2n) is 4.00. The summed E-state index contributed by atoms with van der Waals surface area (Å²) in [5.74, 6) is -0.417. The van der Waals surface area contributed by atoms with Crippen molar-refractivity contribution >= 4 is 17.4 Å². The van der Waals surface area contributed by atoms with E-state index in [1.54, 1.807) is 18.0 Å². The molecular weight excluding hydrogens is 254 g/mol. The molecule has 0 spiro atoms. The summed E-state index contributed by atoms with van der Waals surface area (Å²) in [7, 11) is 0. The minimum atomic E-state index is -0.565. The number of esters is 1. The highest BCUT2D eigenvalue weighted by atomic mass is 16.5. The number of rotatable bonds is 3. The first kappa shape index (κ1) is 16.0. The van der Waals surface area contributed by atoms with Gasteiger partial charge in [0.1, 0.15) is 6.04 Å². The fourth-order valence-corrected chi connectivity index (χ4v) is 1.93. The average molecular weight is 275 g/mol. The number of para-hydroxylation sites is 1. The van der Waals surface area contributed by atoms with Crippen LogP contribution in [-0.4, -0.2) is 24.4 Å². The van der Waals surface area contributed by atoms with Gasteiger partial charge >= 0.3 is 5.97 Å². The van der Waals surface area contributed by atoms with Gasteiger partial charge < -0.3 is 9.64 Å². The van der Waals surface area contributed by atoms with Gasteiger partial charge in [-0.25, -0.2) is 4.79 Å². The van der Waals surface area contributed by atoms with Gasteiger partial charge in [-0.05, 0) is 25.1 Å². The van der Waals surface area contributed by atoms with Crippen molar-refractivity contribution in [2.45, 2.75) is 33.2 Å². The molecule has 2 rings (SSSR count). The lowest BCUT2D eigenvalue weighted by Crippen LogP contribution is -2.42. The van der Waals surface area contributed by atoms with E-state index in [1.807, 2.05) is 44.2 Å². The third-order valence-electron chi connectivity index (χ3n) is 2.76. The second-order valence-corrected chi connectivity index (χ2v) is 4.00. The van der Waals surface area contributed by atoms with E-state index in [2.05, 4.69) is 0 Å². The van der Waals surface area contributed by atoms with Crippen LogP contribution in [0.15, 0.2) is 42.6 Å². The standard InChI is InChI=1S/C14H15NO3.C2H6/c1-2-18-14(17)13-10-12(16)8-9-15(13)11-6-4-3-5-7-11;1-2/h3-9,13H,2,10H2,1H3;1-2H3. The molecule has 1 unspecified atom stereocenters. The summed E-state index contributed by atoms with van der Waals surface area (Å²) >= 11 is 0. The van der Waals surface area contributed by atoms with E-state index in [-0.39, 0.29) is 18.2 Å². The average Bonchev–Trinajstić information content (AvgIpc) is 2.50. The van der Waals surface area contributed by atoms with Crippen molar-refractivity contribution in [3.8, 4) is 0 Å². The Morgan fingerprint density at radius 1 is 1.30 bits per heavy atom. The molecule has 1 aromatic rings. The highest BCUT2D eigenvalue weighted by molar-refractivity contribution is 5.97. The predicted octanol–water partition coefficient (Wildman–Crippen LogP) is 2.94. The van der Waals surface area contributed by atoms with Crippen LogP contribution in [0.3, 0.4) is 0 Å². The van der Waals surface area contributed by atoms with Gasteiger partial charge in [-0.2, -0.15) is 0 Å². The summed E-state index contributed by atoms with van der Waals surface area (Å²) in [6, 6.07) is 8.91. The summed E-state index contributed by atoms with van der Waals surface area (Å²) in [6.45, 7) is 6.07. The van der Waals surface area contributed by atoms with Crippen LogP contribution in [0.1, 0.15) is 27.2 Å². The van der Waals surface area contributed by atoms with Gasteiger partial charge in [0.2, 0.25) is 0 Å². The zero-order valence-corrected chi connectivity index (χ0v) is 12.2. The normalized spacial score (nSPS) is 17.2. The topological polar surface area (TPSA) is 46.6 Å². The first-order valence-corrected chi connectivity index (χ1v) is 6.93. The van der Waals surface area contributed by atoms with Crippen molar-refractivity contribution in [1.82, 2.24) is 0 Å². The molecule has 0 fully saturated rings. The summed E-state index contributed by atoms with van der Waals surface area (Å²) in [5.41, 5.74) is 0.874. The van der Waals surface area contributed by atoms with Gasteiger partial charge in [0, 0.05) is 18.3 Å². The number of ether oxygens (including phenoxy) is 1. The summed E-state index contributed by atoms with van der Waals surface area (Å²) in [5, 5.41) is 0. The summed E-state index contributed by atoms with van der Waals surface area (Å²) in [4.78, 5) is 25.1. The van der Waals surface area contributed by atoms with E-state index in [0.29, 0.717) is 6.61 Å². The van der Waals surface area contributed by atoms with Crippen LogP contribution in [0.4, 0.5) is 5.69 Å². The number of benzene rings is 1. The Kier molecular flexibility index (Phi) is 6.50. The van der Waals surface area contributed by atoms with E-state index in [9.17, 15) is 9.59 Å². The van der Waals surface area contributed by atoms with E-state index in [0.717, 1.165) is 5.69 Å². The first-order chi connectivity index (χ1) is 9.72. The Labute approximate surface area is 120 Å². The number of nitrogens with zero attached hydrogens (tertiary/aromatic N) is 1. The van der Waals surface area contributed by atoms with Crippen LogP contribution in [0.25, 0.3) is 0 Å². The van der Waals surface area contributed by atoms with Gasteiger partial charge in [0.25, 0.3) is 0 Å². The van der Waals surface area contributed by atoms with E-state index in [4.69, 9.17) is 4.74 Å².